The number of carbonyl (C=O) groups excluding carboxylic acids is 1. The van der Waals surface area contributed by atoms with Gasteiger partial charge in [-0.1, -0.05) is 23.7 Å². The van der Waals surface area contributed by atoms with Crippen molar-refractivity contribution in [1.82, 2.24) is 15.1 Å². The molecule has 0 aliphatic carbocycles. The van der Waals surface area contributed by atoms with E-state index in [4.69, 9.17) is 21.1 Å². The van der Waals surface area contributed by atoms with Crippen LogP contribution in [0.3, 0.4) is 0 Å². The highest BCUT2D eigenvalue weighted by atomic mass is 35.5. The lowest BCUT2D eigenvalue weighted by Gasteiger charge is -2.32. The van der Waals surface area contributed by atoms with E-state index in [-0.39, 0.29) is 18.6 Å². The fourth-order valence-electron chi connectivity index (χ4n) is 4.13. The number of hydrogen-bond donors (Lipinski definition) is 2. The number of hydrogen-bond acceptors (Lipinski definition) is 5. The van der Waals surface area contributed by atoms with Crippen molar-refractivity contribution >= 4 is 23.2 Å². The average Bonchev–Trinajstić information content (AvgIpc) is 3.47. The number of H-pyrrole nitrogens is 1. The first-order valence-corrected chi connectivity index (χ1v) is 10.7. The topological polar surface area (TPSA) is 79.5 Å². The number of amides is 1. The van der Waals surface area contributed by atoms with Gasteiger partial charge in [-0.05, 0) is 54.8 Å². The van der Waals surface area contributed by atoms with Gasteiger partial charge in [-0.25, -0.2) is 0 Å². The molecule has 160 valence electrons. The Bertz CT molecular complexity index is 1070. The summed E-state index contributed by atoms with van der Waals surface area (Å²) < 4.78 is 10.9. The quantitative estimate of drug-likeness (QED) is 0.620. The van der Waals surface area contributed by atoms with E-state index >= 15 is 0 Å². The highest BCUT2D eigenvalue weighted by molar-refractivity contribution is 6.31. The summed E-state index contributed by atoms with van der Waals surface area (Å²) in [6, 6.07) is 13.4. The number of rotatable bonds is 5. The van der Waals surface area contributed by atoms with Crippen LogP contribution < -0.4 is 14.8 Å². The predicted molar refractivity (Wildman–Crippen MR) is 118 cm³/mol. The monoisotopic (exact) mass is 438 g/mol. The number of fused-ring (bicyclic) bond motifs is 1. The molecule has 2 aliphatic heterocycles. The Hall–Kier alpha value is -3.03. The number of likely N-dealkylation sites (tertiary alicyclic amines) is 1. The second kappa shape index (κ2) is 8.61. The summed E-state index contributed by atoms with van der Waals surface area (Å²) in [6.45, 7) is 2.54. The molecule has 2 N–H and O–H groups in total. The maximum atomic E-state index is 12.9. The van der Waals surface area contributed by atoms with Gasteiger partial charge in [-0.15, -0.1) is 0 Å². The number of aromatic amines is 1. The van der Waals surface area contributed by atoms with Crippen LogP contribution in [0, 0.1) is 5.92 Å². The molecule has 8 heteroatoms. The molecule has 3 aromatic rings. The van der Waals surface area contributed by atoms with E-state index in [0.29, 0.717) is 23.9 Å². The first-order valence-electron chi connectivity index (χ1n) is 10.4. The zero-order valence-corrected chi connectivity index (χ0v) is 17.7. The molecule has 1 atom stereocenters. The minimum absolute atomic E-state index is 0.0516. The maximum Gasteiger partial charge on any atom is 0.231 e. The van der Waals surface area contributed by atoms with Crippen molar-refractivity contribution in [1.29, 1.82) is 0 Å². The van der Waals surface area contributed by atoms with E-state index in [1.54, 1.807) is 12.3 Å². The molecule has 1 amide bonds. The van der Waals surface area contributed by atoms with Crippen LogP contribution in [-0.2, 0) is 11.3 Å². The number of nitrogens with one attached hydrogen (secondary N) is 2. The van der Waals surface area contributed by atoms with Crippen LogP contribution in [0.25, 0.3) is 11.3 Å². The molecule has 1 unspecified atom stereocenters. The largest absolute Gasteiger partial charge is 0.454 e. The van der Waals surface area contributed by atoms with Crippen molar-refractivity contribution in [3.05, 3.63) is 59.2 Å². The molecular weight excluding hydrogens is 416 g/mol. The number of ether oxygens (including phenoxy) is 2. The Labute approximate surface area is 185 Å². The van der Waals surface area contributed by atoms with Gasteiger partial charge in [0.05, 0.1) is 11.6 Å². The Balaban J connectivity index is 1.21. The van der Waals surface area contributed by atoms with Gasteiger partial charge in [0.1, 0.15) is 0 Å². The standard InChI is InChI=1S/C23H23ClN4O3/c24-19-11-22-21(30-14-31-22)10-17(19)13-28-9-1-2-16(12-28)23(29)26-18-5-3-15(4-6-18)20-7-8-25-27-20/h3-8,10-11,16H,1-2,9,12-14H2,(H,25,27)(H,26,29). The molecule has 0 radical (unpaired) electrons. The summed E-state index contributed by atoms with van der Waals surface area (Å²) >= 11 is 6.44. The Morgan fingerprint density at radius 2 is 2.00 bits per heavy atom. The van der Waals surface area contributed by atoms with Gasteiger partial charge in [0, 0.05) is 36.1 Å². The lowest BCUT2D eigenvalue weighted by molar-refractivity contribution is -0.121. The summed E-state index contributed by atoms with van der Waals surface area (Å²) in [5, 5.41) is 10.6. The summed E-state index contributed by atoms with van der Waals surface area (Å²) in [4.78, 5) is 15.2. The third-order valence-electron chi connectivity index (χ3n) is 5.78. The van der Waals surface area contributed by atoms with Crippen LogP contribution >= 0.6 is 11.6 Å². The predicted octanol–water partition coefficient (Wildman–Crippen LogP) is 4.31. The SMILES string of the molecule is O=C(Nc1ccc(-c2ccn[nH]2)cc1)C1CCCN(Cc2cc3c(cc2Cl)OCO3)C1. The van der Waals surface area contributed by atoms with E-state index in [1.807, 2.05) is 36.4 Å². The molecule has 1 aromatic heterocycles. The zero-order chi connectivity index (χ0) is 21.2. The Kier molecular flexibility index (Phi) is 5.53. The first-order chi connectivity index (χ1) is 15.2. The van der Waals surface area contributed by atoms with E-state index in [0.717, 1.165) is 47.6 Å². The molecule has 2 aliphatic rings. The second-order valence-corrected chi connectivity index (χ2v) is 8.32. The zero-order valence-electron chi connectivity index (χ0n) is 16.9. The lowest BCUT2D eigenvalue weighted by atomic mass is 9.96. The molecule has 7 nitrogen and oxygen atoms in total. The third kappa shape index (κ3) is 4.38. The van der Waals surface area contributed by atoms with Crippen molar-refractivity contribution < 1.29 is 14.3 Å². The molecular formula is C23H23ClN4O3. The molecule has 0 spiro atoms. The average molecular weight is 439 g/mol. The van der Waals surface area contributed by atoms with Gasteiger partial charge in [0.2, 0.25) is 12.7 Å². The fraction of sp³-hybridized carbons (Fsp3) is 0.304. The Morgan fingerprint density at radius 1 is 1.19 bits per heavy atom. The lowest BCUT2D eigenvalue weighted by Crippen LogP contribution is -2.40. The minimum atomic E-state index is -0.0613. The van der Waals surface area contributed by atoms with Gasteiger partial charge in [-0.2, -0.15) is 5.10 Å². The maximum absolute atomic E-state index is 12.9. The normalized spacial score (nSPS) is 18.2. The van der Waals surface area contributed by atoms with Crippen LogP contribution in [0.2, 0.25) is 5.02 Å². The van der Waals surface area contributed by atoms with Crippen LogP contribution in [0.1, 0.15) is 18.4 Å². The van der Waals surface area contributed by atoms with E-state index in [9.17, 15) is 4.79 Å². The molecule has 2 aromatic carbocycles. The number of benzene rings is 2. The molecule has 0 bridgehead atoms. The van der Waals surface area contributed by atoms with Gasteiger partial charge in [-0.3, -0.25) is 14.8 Å². The summed E-state index contributed by atoms with van der Waals surface area (Å²) in [6.07, 6.45) is 3.57. The van der Waals surface area contributed by atoms with Crippen LogP contribution in [0.5, 0.6) is 11.5 Å². The fourth-order valence-corrected chi connectivity index (χ4v) is 4.34. The number of aromatic nitrogens is 2. The number of nitrogens with zero attached hydrogens (tertiary/aromatic N) is 2. The molecule has 5 rings (SSSR count). The van der Waals surface area contributed by atoms with Crippen LogP contribution in [-0.4, -0.2) is 40.9 Å². The van der Waals surface area contributed by atoms with Crippen molar-refractivity contribution in [3.63, 3.8) is 0 Å². The van der Waals surface area contributed by atoms with Gasteiger partial charge in [0.15, 0.2) is 11.5 Å². The van der Waals surface area contributed by atoms with E-state index < -0.39 is 0 Å². The second-order valence-electron chi connectivity index (χ2n) is 7.91. The highest BCUT2D eigenvalue weighted by Gasteiger charge is 2.27. The van der Waals surface area contributed by atoms with Crippen molar-refractivity contribution in [2.75, 3.05) is 25.2 Å². The summed E-state index contributed by atoms with van der Waals surface area (Å²) in [5.74, 6) is 1.40. The van der Waals surface area contributed by atoms with Gasteiger partial charge < -0.3 is 14.8 Å². The molecule has 1 fully saturated rings. The molecule has 3 heterocycles. The third-order valence-corrected chi connectivity index (χ3v) is 6.13. The molecule has 1 saturated heterocycles. The number of halogens is 1. The first kappa shape index (κ1) is 19.9. The van der Waals surface area contributed by atoms with Gasteiger partial charge >= 0.3 is 0 Å². The summed E-state index contributed by atoms with van der Waals surface area (Å²) in [7, 11) is 0. The van der Waals surface area contributed by atoms with Gasteiger partial charge in [0.25, 0.3) is 0 Å². The number of anilines is 1. The van der Waals surface area contributed by atoms with Crippen LogP contribution in [0.4, 0.5) is 5.69 Å². The minimum Gasteiger partial charge on any atom is -0.454 e. The van der Waals surface area contributed by atoms with Crippen LogP contribution in [0.15, 0.2) is 48.7 Å². The van der Waals surface area contributed by atoms with Crippen molar-refractivity contribution in [2.24, 2.45) is 5.92 Å². The van der Waals surface area contributed by atoms with Crippen molar-refractivity contribution in [2.45, 2.75) is 19.4 Å². The smallest absolute Gasteiger partial charge is 0.231 e. The molecule has 0 saturated carbocycles. The number of carbonyl (C=O) groups is 1. The van der Waals surface area contributed by atoms with Crippen molar-refractivity contribution in [3.8, 4) is 22.8 Å². The van der Waals surface area contributed by atoms with E-state index in [2.05, 4.69) is 20.4 Å². The van der Waals surface area contributed by atoms with E-state index in [1.165, 1.54) is 0 Å². The highest BCUT2D eigenvalue weighted by Crippen LogP contribution is 2.37. The number of piperidine rings is 1. The molecule has 31 heavy (non-hydrogen) atoms. The summed E-state index contributed by atoms with van der Waals surface area (Å²) in [5.41, 5.74) is 3.76. The Morgan fingerprint density at radius 3 is 2.77 bits per heavy atom.